The summed E-state index contributed by atoms with van der Waals surface area (Å²) in [6.45, 7) is 3.92. The lowest BCUT2D eigenvalue weighted by Gasteiger charge is -2.29. The van der Waals surface area contributed by atoms with Crippen molar-refractivity contribution in [3.63, 3.8) is 0 Å². The number of hydrogen-bond donors (Lipinski definition) is 0. The van der Waals surface area contributed by atoms with E-state index >= 15 is 0 Å². The smallest absolute Gasteiger partial charge is 0.0178 e. The molecule has 0 spiro atoms. The first kappa shape index (κ1) is 11.7. The molecule has 1 nitrogen and oxygen atoms in total. The van der Waals surface area contributed by atoms with Crippen LogP contribution < -0.4 is 0 Å². The molecule has 0 radical (unpaired) electrons. The third-order valence-corrected chi connectivity index (χ3v) is 4.72. The first-order valence-corrected chi connectivity index (χ1v) is 7.63. The maximum Gasteiger partial charge on any atom is 0.0178 e. The molecule has 0 saturated carbocycles. The van der Waals surface area contributed by atoms with Crippen LogP contribution in [0.2, 0.25) is 0 Å². The third kappa shape index (κ3) is 2.58. The minimum Gasteiger partial charge on any atom is -0.303 e. The highest BCUT2D eigenvalue weighted by molar-refractivity contribution is 9.10. The van der Waals surface area contributed by atoms with E-state index in [0.717, 1.165) is 5.92 Å². The summed E-state index contributed by atoms with van der Waals surface area (Å²) in [7, 11) is 0. The van der Waals surface area contributed by atoms with Crippen LogP contribution in [0, 0.1) is 0 Å². The monoisotopic (exact) mass is 293 g/mol. The summed E-state index contributed by atoms with van der Waals surface area (Å²) >= 11 is 3.62. The first-order valence-electron chi connectivity index (χ1n) is 6.83. The van der Waals surface area contributed by atoms with Gasteiger partial charge in [0.05, 0.1) is 0 Å². The normalized spacial score (nSPS) is 24.9. The van der Waals surface area contributed by atoms with E-state index in [1.165, 1.54) is 56.2 Å². The van der Waals surface area contributed by atoms with E-state index in [9.17, 15) is 0 Å². The zero-order valence-corrected chi connectivity index (χ0v) is 11.9. The molecule has 1 aromatic carbocycles. The van der Waals surface area contributed by atoms with Gasteiger partial charge in [0.15, 0.2) is 0 Å². The van der Waals surface area contributed by atoms with Crippen LogP contribution in [0.4, 0.5) is 0 Å². The lowest BCUT2D eigenvalue weighted by Crippen LogP contribution is -2.27. The molecule has 92 valence electrons. The van der Waals surface area contributed by atoms with Gasteiger partial charge >= 0.3 is 0 Å². The number of fused-ring (bicyclic) bond motifs is 1. The second-order valence-corrected chi connectivity index (χ2v) is 6.36. The van der Waals surface area contributed by atoms with E-state index in [1.54, 1.807) is 11.1 Å². The number of aryl methyl sites for hydroxylation is 1. The van der Waals surface area contributed by atoms with Gasteiger partial charge in [0.25, 0.3) is 0 Å². The van der Waals surface area contributed by atoms with Gasteiger partial charge < -0.3 is 4.90 Å². The Morgan fingerprint density at radius 2 is 2.00 bits per heavy atom. The Kier molecular flexibility index (Phi) is 3.53. The van der Waals surface area contributed by atoms with Crippen LogP contribution in [0.5, 0.6) is 0 Å². The summed E-state index contributed by atoms with van der Waals surface area (Å²) < 4.78 is 1.24. The van der Waals surface area contributed by atoms with Crippen molar-refractivity contribution in [3.8, 4) is 0 Å². The molecule has 1 saturated heterocycles. The molecule has 3 rings (SSSR count). The second-order valence-electron chi connectivity index (χ2n) is 5.44. The van der Waals surface area contributed by atoms with Crippen molar-refractivity contribution >= 4 is 15.9 Å². The molecule has 2 aliphatic rings. The lowest BCUT2D eigenvalue weighted by atomic mass is 9.82. The van der Waals surface area contributed by atoms with Crippen LogP contribution in [-0.2, 0) is 6.42 Å². The highest BCUT2D eigenvalue weighted by Crippen LogP contribution is 2.34. The molecule has 1 atom stereocenters. The summed E-state index contributed by atoms with van der Waals surface area (Å²) in [5.74, 6) is 0.773. The predicted octanol–water partition coefficient (Wildman–Crippen LogP) is 3.96. The van der Waals surface area contributed by atoms with Gasteiger partial charge in [0, 0.05) is 11.0 Å². The van der Waals surface area contributed by atoms with Crippen LogP contribution in [0.1, 0.15) is 42.7 Å². The van der Waals surface area contributed by atoms with E-state index < -0.39 is 0 Å². The molecule has 1 unspecified atom stereocenters. The highest BCUT2D eigenvalue weighted by Gasteiger charge is 2.23. The van der Waals surface area contributed by atoms with Crippen molar-refractivity contribution in [1.29, 1.82) is 0 Å². The van der Waals surface area contributed by atoms with E-state index in [-0.39, 0.29) is 0 Å². The summed E-state index contributed by atoms with van der Waals surface area (Å²) in [6.07, 6.45) is 6.82. The standard InChI is InChI=1S/C15H20BrN/c16-14-7-6-12-4-3-5-13(15(12)10-14)11-17-8-1-2-9-17/h6-7,10,13H,1-5,8-9,11H2. The van der Waals surface area contributed by atoms with E-state index in [1.807, 2.05) is 0 Å². The van der Waals surface area contributed by atoms with Gasteiger partial charge in [-0.3, -0.25) is 0 Å². The average molecular weight is 294 g/mol. The molecule has 0 N–H and O–H groups in total. The molecule has 1 aliphatic carbocycles. The maximum atomic E-state index is 3.62. The average Bonchev–Trinajstić information content (AvgIpc) is 2.83. The molecular formula is C15H20BrN. The molecule has 1 heterocycles. The molecule has 0 amide bonds. The quantitative estimate of drug-likeness (QED) is 0.798. The number of halogens is 1. The molecular weight excluding hydrogens is 274 g/mol. The summed E-state index contributed by atoms with van der Waals surface area (Å²) in [6, 6.07) is 6.86. The van der Waals surface area contributed by atoms with Crippen molar-refractivity contribution in [2.75, 3.05) is 19.6 Å². The predicted molar refractivity (Wildman–Crippen MR) is 75.5 cm³/mol. The van der Waals surface area contributed by atoms with Gasteiger partial charge in [0.2, 0.25) is 0 Å². The van der Waals surface area contributed by atoms with Crippen LogP contribution in [0.25, 0.3) is 0 Å². The number of likely N-dealkylation sites (tertiary alicyclic amines) is 1. The van der Waals surface area contributed by atoms with Crippen LogP contribution >= 0.6 is 15.9 Å². The first-order chi connectivity index (χ1) is 8.33. The van der Waals surface area contributed by atoms with Crippen LogP contribution in [-0.4, -0.2) is 24.5 Å². The molecule has 1 fully saturated rings. The summed E-state index contributed by atoms with van der Waals surface area (Å²) in [5, 5.41) is 0. The van der Waals surface area contributed by atoms with Gasteiger partial charge in [-0.1, -0.05) is 22.0 Å². The Hall–Kier alpha value is -0.340. The van der Waals surface area contributed by atoms with E-state index in [2.05, 4.69) is 39.0 Å². The summed E-state index contributed by atoms with van der Waals surface area (Å²) in [4.78, 5) is 2.65. The highest BCUT2D eigenvalue weighted by atomic mass is 79.9. The zero-order valence-electron chi connectivity index (χ0n) is 10.3. The SMILES string of the molecule is Brc1ccc2c(c1)C(CN1CCCC1)CCC2. The van der Waals surface area contributed by atoms with Crippen molar-refractivity contribution in [2.45, 2.75) is 38.0 Å². The van der Waals surface area contributed by atoms with Crippen molar-refractivity contribution in [2.24, 2.45) is 0 Å². The van der Waals surface area contributed by atoms with Gasteiger partial charge in [-0.2, -0.15) is 0 Å². The second kappa shape index (κ2) is 5.11. The Morgan fingerprint density at radius 1 is 1.18 bits per heavy atom. The number of rotatable bonds is 2. The molecule has 2 heteroatoms. The lowest BCUT2D eigenvalue weighted by molar-refractivity contribution is 0.300. The van der Waals surface area contributed by atoms with Gasteiger partial charge in [-0.25, -0.2) is 0 Å². The third-order valence-electron chi connectivity index (χ3n) is 4.22. The van der Waals surface area contributed by atoms with Crippen molar-refractivity contribution in [1.82, 2.24) is 4.90 Å². The largest absolute Gasteiger partial charge is 0.303 e. The van der Waals surface area contributed by atoms with Crippen molar-refractivity contribution < 1.29 is 0 Å². The van der Waals surface area contributed by atoms with Crippen LogP contribution in [0.15, 0.2) is 22.7 Å². The number of hydrogen-bond acceptors (Lipinski definition) is 1. The fraction of sp³-hybridized carbons (Fsp3) is 0.600. The Morgan fingerprint density at radius 3 is 2.82 bits per heavy atom. The fourth-order valence-electron chi connectivity index (χ4n) is 3.33. The molecule has 0 aromatic heterocycles. The van der Waals surface area contributed by atoms with Gasteiger partial charge in [-0.15, -0.1) is 0 Å². The topological polar surface area (TPSA) is 3.24 Å². The molecule has 1 aromatic rings. The maximum absolute atomic E-state index is 3.62. The summed E-state index contributed by atoms with van der Waals surface area (Å²) in [5.41, 5.74) is 3.20. The Labute approximate surface area is 112 Å². The van der Waals surface area contributed by atoms with E-state index in [0.29, 0.717) is 0 Å². The Bertz CT molecular complexity index is 396. The zero-order chi connectivity index (χ0) is 11.7. The number of benzene rings is 1. The Balaban J connectivity index is 1.80. The molecule has 0 bridgehead atoms. The van der Waals surface area contributed by atoms with Crippen LogP contribution in [0.3, 0.4) is 0 Å². The van der Waals surface area contributed by atoms with Crippen molar-refractivity contribution in [3.05, 3.63) is 33.8 Å². The van der Waals surface area contributed by atoms with Gasteiger partial charge in [-0.05, 0) is 74.4 Å². The van der Waals surface area contributed by atoms with Gasteiger partial charge in [0.1, 0.15) is 0 Å². The minimum atomic E-state index is 0.773. The number of nitrogens with zero attached hydrogens (tertiary/aromatic N) is 1. The molecule has 1 aliphatic heterocycles. The molecule has 17 heavy (non-hydrogen) atoms. The fourth-order valence-corrected chi connectivity index (χ4v) is 3.71. The van der Waals surface area contributed by atoms with E-state index in [4.69, 9.17) is 0 Å². The minimum absolute atomic E-state index is 0.773.